The molecule has 100 valence electrons. The standard InChI is InChI=1S/C17H20BrN/c1-12-6-7-15-10-14(8-9-17(15)19-12)13-4-2-3-5-16(18)11-13/h6-10,13,16H,2-5,11H2,1H3. The summed E-state index contributed by atoms with van der Waals surface area (Å²) < 4.78 is 0. The third kappa shape index (κ3) is 3.00. The lowest BCUT2D eigenvalue weighted by molar-refractivity contribution is 0.600. The second-order valence-electron chi connectivity index (χ2n) is 5.72. The lowest BCUT2D eigenvalue weighted by atomic mass is 9.91. The lowest BCUT2D eigenvalue weighted by Gasteiger charge is -2.17. The Morgan fingerprint density at radius 1 is 1.11 bits per heavy atom. The molecule has 0 aliphatic heterocycles. The zero-order valence-corrected chi connectivity index (χ0v) is 13.0. The first-order valence-corrected chi connectivity index (χ1v) is 8.15. The summed E-state index contributed by atoms with van der Waals surface area (Å²) in [6.07, 6.45) is 6.64. The van der Waals surface area contributed by atoms with Crippen LogP contribution in [-0.4, -0.2) is 9.81 Å². The number of pyridine rings is 1. The van der Waals surface area contributed by atoms with Crippen LogP contribution < -0.4 is 0 Å². The van der Waals surface area contributed by atoms with Gasteiger partial charge in [0.2, 0.25) is 0 Å². The molecular weight excluding hydrogens is 298 g/mol. The molecule has 19 heavy (non-hydrogen) atoms. The average Bonchev–Trinajstić information content (AvgIpc) is 2.63. The molecule has 1 aliphatic carbocycles. The second-order valence-corrected chi connectivity index (χ2v) is 7.01. The molecule has 0 spiro atoms. The van der Waals surface area contributed by atoms with Crippen LogP contribution in [0.3, 0.4) is 0 Å². The minimum atomic E-state index is 0.687. The van der Waals surface area contributed by atoms with Gasteiger partial charge in [-0.3, -0.25) is 4.98 Å². The van der Waals surface area contributed by atoms with Crippen molar-refractivity contribution in [2.45, 2.75) is 49.8 Å². The van der Waals surface area contributed by atoms with Crippen LogP contribution in [0.2, 0.25) is 0 Å². The fourth-order valence-electron chi connectivity index (χ4n) is 3.10. The van der Waals surface area contributed by atoms with Gasteiger partial charge in [-0.1, -0.05) is 40.9 Å². The van der Waals surface area contributed by atoms with Gasteiger partial charge in [-0.25, -0.2) is 0 Å². The Kier molecular flexibility index (Phi) is 3.88. The van der Waals surface area contributed by atoms with Gasteiger partial charge in [0, 0.05) is 15.9 Å². The first-order chi connectivity index (χ1) is 9.22. The number of aromatic nitrogens is 1. The maximum atomic E-state index is 4.59. The van der Waals surface area contributed by atoms with Gasteiger partial charge in [0.15, 0.2) is 0 Å². The van der Waals surface area contributed by atoms with Gasteiger partial charge < -0.3 is 0 Å². The highest BCUT2D eigenvalue weighted by molar-refractivity contribution is 9.09. The molecule has 1 nitrogen and oxygen atoms in total. The molecular formula is C17H20BrN. The Morgan fingerprint density at radius 3 is 2.84 bits per heavy atom. The molecule has 0 N–H and O–H groups in total. The summed E-state index contributed by atoms with van der Waals surface area (Å²) in [6, 6.07) is 11.1. The van der Waals surface area contributed by atoms with E-state index in [0.717, 1.165) is 11.2 Å². The van der Waals surface area contributed by atoms with Crippen LogP contribution in [0.1, 0.15) is 49.3 Å². The maximum absolute atomic E-state index is 4.59. The predicted octanol–water partition coefficient (Wildman–Crippen LogP) is 5.35. The predicted molar refractivity (Wildman–Crippen MR) is 85.0 cm³/mol. The second kappa shape index (κ2) is 5.62. The molecule has 1 aliphatic rings. The van der Waals surface area contributed by atoms with Gasteiger partial charge in [0.05, 0.1) is 5.52 Å². The van der Waals surface area contributed by atoms with Gasteiger partial charge in [0.1, 0.15) is 0 Å². The summed E-state index contributed by atoms with van der Waals surface area (Å²) in [7, 11) is 0. The van der Waals surface area contributed by atoms with Gasteiger partial charge in [-0.2, -0.15) is 0 Å². The van der Waals surface area contributed by atoms with E-state index in [9.17, 15) is 0 Å². The topological polar surface area (TPSA) is 12.9 Å². The van der Waals surface area contributed by atoms with Crippen LogP contribution >= 0.6 is 15.9 Å². The van der Waals surface area contributed by atoms with Crippen molar-refractivity contribution in [1.82, 2.24) is 4.98 Å². The molecule has 0 radical (unpaired) electrons. The highest BCUT2D eigenvalue weighted by Crippen LogP contribution is 2.35. The van der Waals surface area contributed by atoms with Crippen molar-refractivity contribution in [1.29, 1.82) is 0 Å². The number of aryl methyl sites for hydroxylation is 1. The van der Waals surface area contributed by atoms with Crippen LogP contribution in [0.15, 0.2) is 30.3 Å². The molecule has 2 atom stereocenters. The van der Waals surface area contributed by atoms with E-state index in [1.807, 2.05) is 6.92 Å². The zero-order valence-electron chi connectivity index (χ0n) is 11.4. The number of rotatable bonds is 1. The molecule has 1 aromatic heterocycles. The summed E-state index contributed by atoms with van der Waals surface area (Å²) in [5.41, 5.74) is 3.70. The summed E-state index contributed by atoms with van der Waals surface area (Å²) in [5, 5.41) is 1.28. The quantitative estimate of drug-likeness (QED) is 0.510. The maximum Gasteiger partial charge on any atom is 0.0705 e. The lowest BCUT2D eigenvalue weighted by Crippen LogP contribution is -2.03. The van der Waals surface area contributed by atoms with Gasteiger partial charge in [-0.15, -0.1) is 0 Å². The molecule has 1 aromatic carbocycles. The van der Waals surface area contributed by atoms with Crippen molar-refractivity contribution < 1.29 is 0 Å². The van der Waals surface area contributed by atoms with E-state index in [1.54, 1.807) is 0 Å². The van der Waals surface area contributed by atoms with E-state index in [1.165, 1.54) is 43.1 Å². The average molecular weight is 318 g/mol. The third-order valence-corrected chi connectivity index (χ3v) is 5.02. The van der Waals surface area contributed by atoms with E-state index in [4.69, 9.17) is 0 Å². The van der Waals surface area contributed by atoms with Crippen molar-refractivity contribution in [2.24, 2.45) is 0 Å². The Hall–Kier alpha value is -0.890. The van der Waals surface area contributed by atoms with Crippen LogP contribution in [0.25, 0.3) is 10.9 Å². The number of nitrogens with zero attached hydrogens (tertiary/aromatic N) is 1. The monoisotopic (exact) mass is 317 g/mol. The molecule has 0 bridgehead atoms. The Bertz CT molecular complexity index is 578. The minimum Gasteiger partial charge on any atom is -0.253 e. The molecule has 1 fully saturated rings. The number of hydrogen-bond acceptors (Lipinski definition) is 1. The van der Waals surface area contributed by atoms with Crippen LogP contribution in [-0.2, 0) is 0 Å². The Labute approximate surface area is 123 Å². The van der Waals surface area contributed by atoms with Gasteiger partial charge >= 0.3 is 0 Å². The molecule has 1 heterocycles. The van der Waals surface area contributed by atoms with Crippen molar-refractivity contribution >= 4 is 26.8 Å². The summed E-state index contributed by atoms with van der Waals surface area (Å²) in [6.45, 7) is 2.05. The van der Waals surface area contributed by atoms with Crippen LogP contribution in [0.4, 0.5) is 0 Å². The number of hydrogen-bond donors (Lipinski definition) is 0. The summed E-state index contributed by atoms with van der Waals surface area (Å²) in [4.78, 5) is 5.27. The number of alkyl halides is 1. The number of halogens is 1. The van der Waals surface area contributed by atoms with Crippen molar-refractivity contribution in [3.8, 4) is 0 Å². The van der Waals surface area contributed by atoms with Crippen molar-refractivity contribution in [2.75, 3.05) is 0 Å². The number of fused-ring (bicyclic) bond motifs is 1. The molecule has 0 saturated heterocycles. The molecule has 1 saturated carbocycles. The van der Waals surface area contributed by atoms with E-state index < -0.39 is 0 Å². The first-order valence-electron chi connectivity index (χ1n) is 7.24. The van der Waals surface area contributed by atoms with Gasteiger partial charge in [0.25, 0.3) is 0 Å². The van der Waals surface area contributed by atoms with Crippen molar-refractivity contribution in [3.63, 3.8) is 0 Å². The van der Waals surface area contributed by atoms with Gasteiger partial charge in [-0.05, 0) is 55.9 Å². The molecule has 2 unspecified atom stereocenters. The highest BCUT2D eigenvalue weighted by Gasteiger charge is 2.19. The largest absolute Gasteiger partial charge is 0.253 e. The summed E-state index contributed by atoms with van der Waals surface area (Å²) in [5.74, 6) is 0.706. The highest BCUT2D eigenvalue weighted by atomic mass is 79.9. The summed E-state index contributed by atoms with van der Waals surface area (Å²) >= 11 is 3.82. The Balaban J connectivity index is 1.93. The normalized spacial score (nSPS) is 24.3. The smallest absolute Gasteiger partial charge is 0.0705 e. The molecule has 2 heteroatoms. The fraction of sp³-hybridized carbons (Fsp3) is 0.471. The van der Waals surface area contributed by atoms with Crippen LogP contribution in [0, 0.1) is 6.92 Å². The fourth-order valence-corrected chi connectivity index (χ4v) is 3.88. The molecule has 3 rings (SSSR count). The third-order valence-electron chi connectivity index (χ3n) is 4.18. The Morgan fingerprint density at radius 2 is 1.95 bits per heavy atom. The zero-order chi connectivity index (χ0) is 13.2. The first kappa shape index (κ1) is 13.1. The van der Waals surface area contributed by atoms with Crippen LogP contribution in [0.5, 0.6) is 0 Å². The molecule has 0 amide bonds. The number of benzene rings is 1. The SMILES string of the molecule is Cc1ccc2cc(C3CCCCC(Br)C3)ccc2n1. The molecule has 2 aromatic rings. The minimum absolute atomic E-state index is 0.687. The van der Waals surface area contributed by atoms with E-state index in [-0.39, 0.29) is 0 Å². The van der Waals surface area contributed by atoms with E-state index in [2.05, 4.69) is 51.2 Å². The van der Waals surface area contributed by atoms with E-state index >= 15 is 0 Å². The van der Waals surface area contributed by atoms with E-state index in [0.29, 0.717) is 10.7 Å². The van der Waals surface area contributed by atoms with Crippen molar-refractivity contribution in [3.05, 3.63) is 41.6 Å².